The molecule has 1 aliphatic rings. The van der Waals surface area contributed by atoms with E-state index in [2.05, 4.69) is 17.1 Å². The number of primary amides is 1. The highest BCUT2D eigenvalue weighted by atomic mass is 16.1. The van der Waals surface area contributed by atoms with E-state index in [9.17, 15) is 4.79 Å². The highest BCUT2D eigenvalue weighted by Crippen LogP contribution is 2.07. The lowest BCUT2D eigenvalue weighted by atomic mass is 10.1. The molecule has 0 aromatic carbocycles. The maximum absolute atomic E-state index is 11.1. The van der Waals surface area contributed by atoms with Crippen LogP contribution in [0.2, 0.25) is 0 Å². The summed E-state index contributed by atoms with van der Waals surface area (Å²) in [5, 5.41) is 3.26. The van der Waals surface area contributed by atoms with E-state index in [4.69, 9.17) is 5.73 Å². The van der Waals surface area contributed by atoms with Gasteiger partial charge in [0.05, 0.1) is 6.04 Å². The van der Waals surface area contributed by atoms with Crippen molar-refractivity contribution in [1.29, 1.82) is 0 Å². The minimum absolute atomic E-state index is 0.0490. The van der Waals surface area contributed by atoms with E-state index in [0.29, 0.717) is 0 Å². The van der Waals surface area contributed by atoms with Crippen molar-refractivity contribution in [1.82, 2.24) is 10.2 Å². The van der Waals surface area contributed by atoms with Crippen LogP contribution in [0.25, 0.3) is 0 Å². The number of nitrogens with one attached hydrogen (secondary N) is 1. The van der Waals surface area contributed by atoms with Crippen molar-refractivity contribution >= 4 is 5.91 Å². The van der Waals surface area contributed by atoms with Gasteiger partial charge in [0.15, 0.2) is 0 Å². The number of piperazine rings is 1. The third-order valence-electron chi connectivity index (χ3n) is 2.48. The SMILES string of the molecule is CCCC(C(N)=O)N1CCNCC1. The fourth-order valence-corrected chi connectivity index (χ4v) is 1.77. The Morgan fingerprint density at radius 3 is 2.62 bits per heavy atom. The number of rotatable bonds is 4. The third-order valence-corrected chi connectivity index (χ3v) is 2.48. The zero-order valence-corrected chi connectivity index (χ0v) is 8.25. The summed E-state index contributed by atoms with van der Waals surface area (Å²) in [6.45, 7) is 5.89. The molecule has 1 aliphatic heterocycles. The monoisotopic (exact) mass is 185 g/mol. The molecule has 4 heteroatoms. The molecule has 1 unspecified atom stereocenters. The maximum Gasteiger partial charge on any atom is 0.234 e. The molecule has 0 saturated carbocycles. The highest BCUT2D eigenvalue weighted by Gasteiger charge is 2.23. The Morgan fingerprint density at radius 1 is 1.54 bits per heavy atom. The normalized spacial score (nSPS) is 21.3. The Hall–Kier alpha value is -0.610. The summed E-state index contributed by atoms with van der Waals surface area (Å²) in [7, 11) is 0. The van der Waals surface area contributed by atoms with E-state index in [1.165, 1.54) is 0 Å². The van der Waals surface area contributed by atoms with Crippen molar-refractivity contribution in [2.75, 3.05) is 26.2 Å². The molecule has 1 amide bonds. The summed E-state index contributed by atoms with van der Waals surface area (Å²) >= 11 is 0. The van der Waals surface area contributed by atoms with Crippen LogP contribution in [0.3, 0.4) is 0 Å². The molecule has 13 heavy (non-hydrogen) atoms. The molecule has 1 fully saturated rings. The predicted molar refractivity (Wildman–Crippen MR) is 52.3 cm³/mol. The summed E-state index contributed by atoms with van der Waals surface area (Å²) in [5.74, 6) is -0.177. The first kappa shape index (κ1) is 10.5. The number of nitrogens with two attached hydrogens (primary N) is 1. The van der Waals surface area contributed by atoms with Gasteiger partial charge in [0.25, 0.3) is 0 Å². The van der Waals surface area contributed by atoms with Crippen molar-refractivity contribution in [3.63, 3.8) is 0 Å². The van der Waals surface area contributed by atoms with Crippen LogP contribution in [-0.4, -0.2) is 43.0 Å². The zero-order valence-electron chi connectivity index (χ0n) is 8.25. The van der Waals surface area contributed by atoms with Crippen LogP contribution in [-0.2, 0) is 4.79 Å². The number of amides is 1. The second kappa shape index (κ2) is 5.19. The van der Waals surface area contributed by atoms with Gasteiger partial charge in [-0.2, -0.15) is 0 Å². The zero-order chi connectivity index (χ0) is 9.68. The molecule has 3 N–H and O–H groups in total. The van der Waals surface area contributed by atoms with Gasteiger partial charge in [-0.15, -0.1) is 0 Å². The minimum Gasteiger partial charge on any atom is -0.368 e. The largest absolute Gasteiger partial charge is 0.368 e. The van der Waals surface area contributed by atoms with Crippen LogP contribution in [0.1, 0.15) is 19.8 Å². The van der Waals surface area contributed by atoms with Gasteiger partial charge in [-0.3, -0.25) is 9.69 Å². The standard InChI is InChI=1S/C9H19N3O/c1-2-3-8(9(10)13)12-6-4-11-5-7-12/h8,11H,2-7H2,1H3,(H2,10,13). The molecule has 0 aliphatic carbocycles. The number of nitrogens with zero attached hydrogens (tertiary/aromatic N) is 1. The Labute approximate surface area is 79.5 Å². The first-order valence-electron chi connectivity index (χ1n) is 4.99. The second-order valence-corrected chi connectivity index (χ2v) is 3.49. The number of carbonyl (C=O) groups is 1. The van der Waals surface area contributed by atoms with Crippen molar-refractivity contribution < 1.29 is 4.79 Å². The van der Waals surface area contributed by atoms with Crippen LogP contribution in [0.15, 0.2) is 0 Å². The molecule has 1 atom stereocenters. The molecule has 76 valence electrons. The first-order valence-corrected chi connectivity index (χ1v) is 4.99. The lowest BCUT2D eigenvalue weighted by Crippen LogP contribution is -2.52. The molecule has 0 radical (unpaired) electrons. The average Bonchev–Trinajstić information content (AvgIpc) is 2.15. The predicted octanol–water partition coefficient (Wildman–Crippen LogP) is -0.454. The molecule has 0 aromatic rings. The van der Waals surface area contributed by atoms with E-state index in [1.54, 1.807) is 0 Å². The van der Waals surface area contributed by atoms with Crippen LogP contribution in [0, 0.1) is 0 Å². The summed E-state index contributed by atoms with van der Waals surface area (Å²) in [5.41, 5.74) is 5.35. The summed E-state index contributed by atoms with van der Waals surface area (Å²) in [6, 6.07) is -0.0490. The molecule has 1 heterocycles. The van der Waals surface area contributed by atoms with Crippen LogP contribution in [0.4, 0.5) is 0 Å². The number of hydrogen-bond acceptors (Lipinski definition) is 3. The van der Waals surface area contributed by atoms with Gasteiger partial charge in [0.1, 0.15) is 0 Å². The smallest absolute Gasteiger partial charge is 0.234 e. The summed E-state index contributed by atoms with van der Waals surface area (Å²) in [6.07, 6.45) is 1.90. The van der Waals surface area contributed by atoms with E-state index in [0.717, 1.165) is 39.0 Å². The highest BCUT2D eigenvalue weighted by molar-refractivity contribution is 5.79. The average molecular weight is 185 g/mol. The van der Waals surface area contributed by atoms with Gasteiger partial charge in [0.2, 0.25) is 5.91 Å². The third kappa shape index (κ3) is 2.97. The van der Waals surface area contributed by atoms with Gasteiger partial charge in [-0.05, 0) is 6.42 Å². The van der Waals surface area contributed by atoms with Gasteiger partial charge in [-0.1, -0.05) is 13.3 Å². The molecule has 0 bridgehead atoms. The topological polar surface area (TPSA) is 58.4 Å². The quantitative estimate of drug-likeness (QED) is 0.623. The van der Waals surface area contributed by atoms with Gasteiger partial charge < -0.3 is 11.1 Å². The van der Waals surface area contributed by atoms with Crippen molar-refractivity contribution in [3.05, 3.63) is 0 Å². The Kier molecular flexibility index (Phi) is 4.18. The lowest BCUT2D eigenvalue weighted by molar-refractivity contribution is -0.123. The fourth-order valence-electron chi connectivity index (χ4n) is 1.77. The van der Waals surface area contributed by atoms with E-state index >= 15 is 0 Å². The van der Waals surface area contributed by atoms with Crippen molar-refractivity contribution in [2.24, 2.45) is 5.73 Å². The van der Waals surface area contributed by atoms with Crippen LogP contribution >= 0.6 is 0 Å². The van der Waals surface area contributed by atoms with Gasteiger partial charge in [0, 0.05) is 26.2 Å². The van der Waals surface area contributed by atoms with E-state index < -0.39 is 0 Å². The molecular weight excluding hydrogens is 166 g/mol. The van der Waals surface area contributed by atoms with Crippen LogP contribution < -0.4 is 11.1 Å². The summed E-state index contributed by atoms with van der Waals surface area (Å²) in [4.78, 5) is 13.3. The Balaban J connectivity index is 2.46. The number of carbonyl (C=O) groups excluding carboxylic acids is 1. The van der Waals surface area contributed by atoms with Gasteiger partial charge in [-0.25, -0.2) is 0 Å². The molecule has 1 saturated heterocycles. The maximum atomic E-state index is 11.1. The van der Waals surface area contributed by atoms with Gasteiger partial charge >= 0.3 is 0 Å². The van der Waals surface area contributed by atoms with E-state index in [-0.39, 0.29) is 11.9 Å². The Morgan fingerprint density at radius 2 is 2.15 bits per heavy atom. The minimum atomic E-state index is -0.177. The molecular formula is C9H19N3O. The lowest BCUT2D eigenvalue weighted by Gasteiger charge is -2.32. The second-order valence-electron chi connectivity index (χ2n) is 3.49. The van der Waals surface area contributed by atoms with Crippen LogP contribution in [0.5, 0.6) is 0 Å². The van der Waals surface area contributed by atoms with Crippen molar-refractivity contribution in [2.45, 2.75) is 25.8 Å². The molecule has 0 spiro atoms. The summed E-state index contributed by atoms with van der Waals surface area (Å²) < 4.78 is 0. The first-order chi connectivity index (χ1) is 6.25. The fraction of sp³-hybridized carbons (Fsp3) is 0.889. The molecule has 4 nitrogen and oxygen atoms in total. The van der Waals surface area contributed by atoms with E-state index in [1.807, 2.05) is 0 Å². The Bertz CT molecular complexity index is 166. The number of hydrogen-bond donors (Lipinski definition) is 2. The molecule has 0 aromatic heterocycles. The molecule has 1 rings (SSSR count). The van der Waals surface area contributed by atoms with Crippen molar-refractivity contribution in [3.8, 4) is 0 Å².